The molecular weight excluding hydrogens is 953 g/mol. The molecule has 4 fully saturated rings. The number of esters is 4. The van der Waals surface area contributed by atoms with Gasteiger partial charge in [-0.2, -0.15) is 0 Å². The number of rotatable bonds is 0. The quantitative estimate of drug-likeness (QED) is 0.113. The Morgan fingerprint density at radius 3 is 0.776 bits per heavy atom. The molecule has 4 aliphatic carbocycles. The molecule has 4 aliphatic heterocycles. The van der Waals surface area contributed by atoms with Gasteiger partial charge in [0.25, 0.3) is 0 Å². The molecular formula is C64H82N4O8. The lowest BCUT2D eigenvalue weighted by molar-refractivity contribution is -0.152. The Bertz CT molecular complexity index is 2460. The average Bonchev–Trinajstić information content (AvgIpc) is 4.30. The van der Waals surface area contributed by atoms with Gasteiger partial charge in [0.2, 0.25) is 0 Å². The minimum atomic E-state index is -0.306. The predicted octanol–water partition coefficient (Wildman–Crippen LogP) is 15.2. The van der Waals surface area contributed by atoms with E-state index in [2.05, 4.69) is 58.5 Å². The van der Waals surface area contributed by atoms with E-state index in [1.165, 1.54) is 0 Å². The third kappa shape index (κ3) is 12.1. The number of aromatic nitrogens is 4. The zero-order chi connectivity index (χ0) is 51.8. The van der Waals surface area contributed by atoms with Gasteiger partial charge in [-0.15, -0.1) is 0 Å². The molecule has 0 saturated heterocycles. The largest absolute Gasteiger partial charge is 0.462 e. The summed E-state index contributed by atoms with van der Waals surface area (Å²) in [5, 5.41) is 0. The van der Waals surface area contributed by atoms with Crippen LogP contribution < -0.4 is 0 Å². The van der Waals surface area contributed by atoms with E-state index in [4.69, 9.17) is 28.9 Å². The highest BCUT2D eigenvalue weighted by Gasteiger charge is 2.39. The van der Waals surface area contributed by atoms with Gasteiger partial charge in [0.1, 0.15) is 24.4 Å². The Kier molecular flexibility index (Phi) is 17.2. The van der Waals surface area contributed by atoms with Crippen molar-refractivity contribution >= 4 is 70.2 Å². The van der Waals surface area contributed by atoms with Crippen molar-refractivity contribution in [3.63, 3.8) is 0 Å². The number of carbonyl (C=O) groups is 4. The number of carbonyl (C=O) groups excluding carboxylic acids is 4. The topological polar surface area (TPSA) is 163 Å². The summed E-state index contributed by atoms with van der Waals surface area (Å²) >= 11 is 0. The van der Waals surface area contributed by atoms with E-state index in [9.17, 15) is 19.2 Å². The monoisotopic (exact) mass is 1030 g/mol. The van der Waals surface area contributed by atoms with Gasteiger partial charge in [-0.05, 0) is 151 Å². The van der Waals surface area contributed by atoms with Crippen LogP contribution >= 0.6 is 0 Å². The third-order valence-corrected chi connectivity index (χ3v) is 18.4. The maximum absolute atomic E-state index is 13.8. The fourth-order valence-electron chi connectivity index (χ4n) is 14.5. The molecule has 0 amide bonds. The Balaban J connectivity index is 1.18. The summed E-state index contributed by atoms with van der Waals surface area (Å²) in [7, 11) is 0. The maximum Gasteiger partial charge on any atom is 0.306 e. The molecule has 0 spiro atoms. The van der Waals surface area contributed by atoms with Crippen molar-refractivity contribution < 1.29 is 38.1 Å². The molecule has 7 heterocycles. The molecule has 4 saturated carbocycles. The molecule has 76 heavy (non-hydrogen) atoms. The van der Waals surface area contributed by atoms with Crippen molar-refractivity contribution in [2.75, 3.05) is 0 Å². The number of aromatic amines is 2. The van der Waals surface area contributed by atoms with E-state index in [-0.39, 0.29) is 72.0 Å². The van der Waals surface area contributed by atoms with Gasteiger partial charge >= 0.3 is 23.9 Å². The number of fused-ring (bicyclic) bond motifs is 16. The minimum Gasteiger partial charge on any atom is -0.462 e. The summed E-state index contributed by atoms with van der Waals surface area (Å²) in [6, 6.07) is 8.73. The van der Waals surface area contributed by atoms with Crippen LogP contribution in [0.25, 0.3) is 46.4 Å². The maximum atomic E-state index is 13.8. The predicted molar refractivity (Wildman–Crippen MR) is 297 cm³/mol. The number of hydrogen-bond acceptors (Lipinski definition) is 10. The molecule has 12 bridgehead atoms. The Morgan fingerprint density at radius 1 is 0.303 bits per heavy atom. The van der Waals surface area contributed by atoms with Crippen LogP contribution in [0.1, 0.15) is 274 Å². The summed E-state index contributed by atoms with van der Waals surface area (Å²) in [5.41, 5.74) is 11.2. The molecule has 0 aromatic carbocycles. The first kappa shape index (κ1) is 52.5. The molecule has 406 valence electrons. The number of ether oxygens (including phenoxy) is 4. The van der Waals surface area contributed by atoms with Crippen molar-refractivity contribution in [3.8, 4) is 0 Å². The van der Waals surface area contributed by atoms with Gasteiger partial charge in [-0.25, -0.2) is 9.97 Å². The van der Waals surface area contributed by atoms with Crippen LogP contribution in [0.15, 0.2) is 24.3 Å². The van der Waals surface area contributed by atoms with Crippen LogP contribution in [0.2, 0.25) is 0 Å². The van der Waals surface area contributed by atoms with E-state index in [1.54, 1.807) is 0 Å². The normalized spacial score (nSPS) is 28.8. The average molecular weight is 1040 g/mol. The first-order valence-corrected chi connectivity index (χ1v) is 30.3. The van der Waals surface area contributed by atoms with Crippen molar-refractivity contribution in [3.05, 3.63) is 69.3 Å². The molecule has 12 heteroatoms. The van der Waals surface area contributed by atoms with Crippen molar-refractivity contribution in [2.45, 2.75) is 254 Å². The van der Waals surface area contributed by atoms with Crippen LogP contribution in [0.5, 0.6) is 0 Å². The molecule has 2 N–H and O–H groups in total. The molecule has 0 unspecified atom stereocenters. The highest BCUT2D eigenvalue weighted by molar-refractivity contribution is 5.85. The second kappa shape index (κ2) is 24.9. The zero-order valence-corrected chi connectivity index (χ0v) is 45.0. The van der Waals surface area contributed by atoms with Gasteiger partial charge in [-0.1, -0.05) is 77.0 Å². The molecule has 12 nitrogen and oxygen atoms in total. The Hall–Kier alpha value is -5.52. The molecule has 11 rings (SSSR count). The summed E-state index contributed by atoms with van der Waals surface area (Å²) < 4.78 is 26.3. The molecule has 3 aromatic heterocycles. The van der Waals surface area contributed by atoms with E-state index < -0.39 is 0 Å². The molecule has 0 radical (unpaired) electrons. The Morgan fingerprint density at radius 2 is 0.526 bits per heavy atom. The number of nitrogens with one attached hydrogen (secondary N) is 2. The molecule has 8 aliphatic rings. The number of hydrogen-bond donors (Lipinski definition) is 2. The van der Waals surface area contributed by atoms with Crippen LogP contribution in [-0.4, -0.2) is 68.2 Å². The van der Waals surface area contributed by atoms with E-state index >= 15 is 0 Å². The van der Waals surface area contributed by atoms with Crippen LogP contribution in [-0.2, 0) is 38.1 Å². The molecule has 8 atom stereocenters. The van der Waals surface area contributed by atoms with Gasteiger partial charge < -0.3 is 28.9 Å². The first-order valence-electron chi connectivity index (χ1n) is 30.3. The van der Waals surface area contributed by atoms with Gasteiger partial charge in [-0.3, -0.25) is 19.2 Å². The van der Waals surface area contributed by atoms with Crippen molar-refractivity contribution in [2.24, 2.45) is 0 Å². The summed E-state index contributed by atoms with van der Waals surface area (Å²) in [6.07, 6.45) is 34.5. The highest BCUT2D eigenvalue weighted by Crippen LogP contribution is 2.46. The lowest BCUT2D eigenvalue weighted by Crippen LogP contribution is -2.30. The summed E-state index contributed by atoms with van der Waals surface area (Å²) in [6.45, 7) is 0. The number of H-pyrrole nitrogens is 2. The molecule has 3 aromatic rings. The van der Waals surface area contributed by atoms with Crippen LogP contribution in [0, 0.1) is 0 Å². The van der Waals surface area contributed by atoms with Gasteiger partial charge in [0.05, 0.1) is 22.8 Å². The lowest BCUT2D eigenvalue weighted by atomic mass is 9.80. The Labute approximate surface area is 449 Å². The van der Waals surface area contributed by atoms with Crippen molar-refractivity contribution in [1.82, 2.24) is 19.9 Å². The fourth-order valence-corrected chi connectivity index (χ4v) is 14.5. The minimum absolute atomic E-state index is 0.112. The van der Waals surface area contributed by atoms with Crippen LogP contribution in [0.4, 0.5) is 0 Å². The second-order valence-corrected chi connectivity index (χ2v) is 23.6. The zero-order valence-electron chi connectivity index (χ0n) is 45.0. The third-order valence-electron chi connectivity index (χ3n) is 18.4. The SMILES string of the molecule is O=C1CCCCCCCCC(=O)O[C@@H]2CCCC[C@H]2c2c3nc(c(c4ccc([nH]4)c4c5nc(c(c6ccc2[nH]6)[C@@H]2CCCC[C@H]2OC(=O)CCCCCCCCC(=O)O[C@@H]2CCCC[C@@H]42)C=C5)[C@@H]2CCCC[C@H]2O1)C=C3. The first-order chi connectivity index (χ1) is 37.3. The van der Waals surface area contributed by atoms with E-state index in [0.29, 0.717) is 25.7 Å². The summed E-state index contributed by atoms with van der Waals surface area (Å²) in [5.74, 6) is -0.992. The smallest absolute Gasteiger partial charge is 0.306 e. The van der Waals surface area contributed by atoms with E-state index in [1.807, 2.05) is 0 Å². The fraction of sp³-hybridized carbons (Fsp3) is 0.625. The summed E-state index contributed by atoms with van der Waals surface area (Å²) in [4.78, 5) is 74.6. The second-order valence-electron chi connectivity index (χ2n) is 23.6. The standard InChI is InChI=1S/C64H82N4O8/c69-57-29-9-5-1-2-6-10-30-58(70)74-54-26-18-14-22-42(54)62-46-34-33-45(65-46)61(41-21-13-17-25-53(41)73-57)49-37-38-51(67-49)63-43-23-15-19-27-55(43)75-59(71)31-11-7-3-4-8-12-32-60(72)76-56-28-20-16-24-44(56)64(48-36-35-47(63)66-48)52-40-39-50(62)68-52/h33-44,53-56,67-68H,1-32H2/t41-,42-,43-,44-,53-,54-,55-,56-/m1/s1. The van der Waals surface area contributed by atoms with E-state index in [0.717, 1.165) is 247 Å². The van der Waals surface area contributed by atoms with Gasteiger partial charge in [0, 0.05) is 93.7 Å². The van der Waals surface area contributed by atoms with Crippen LogP contribution in [0.3, 0.4) is 0 Å². The van der Waals surface area contributed by atoms with Crippen molar-refractivity contribution in [1.29, 1.82) is 0 Å². The lowest BCUT2D eigenvalue weighted by Gasteiger charge is -2.32. The van der Waals surface area contributed by atoms with Gasteiger partial charge in [0.15, 0.2) is 0 Å². The number of nitrogens with zero attached hydrogens (tertiary/aromatic N) is 2. The highest BCUT2D eigenvalue weighted by atomic mass is 16.6.